The van der Waals surface area contributed by atoms with E-state index in [-0.39, 0.29) is 11.9 Å². The van der Waals surface area contributed by atoms with Crippen LogP contribution in [0, 0.1) is 11.8 Å². The molecular weight excluding hydrogens is 400 g/mol. The van der Waals surface area contributed by atoms with Crippen molar-refractivity contribution in [2.45, 2.75) is 78.1 Å². The molecule has 1 aliphatic rings. The van der Waals surface area contributed by atoms with Gasteiger partial charge in [-0.25, -0.2) is 4.79 Å². The van der Waals surface area contributed by atoms with Gasteiger partial charge in [0.25, 0.3) is 0 Å². The number of carbonyl (C=O) groups excluding carboxylic acids is 2. The average Bonchev–Trinajstić information content (AvgIpc) is 2.81. The molecule has 0 spiro atoms. The Hall–Kier alpha value is -2.62. The number of benzene rings is 2. The fourth-order valence-electron chi connectivity index (χ4n) is 4.49. The van der Waals surface area contributed by atoms with Crippen LogP contribution in [0.1, 0.15) is 94.0 Å². The summed E-state index contributed by atoms with van der Waals surface area (Å²) < 4.78 is 10.7. The second-order valence-electron chi connectivity index (χ2n) is 9.17. The molecule has 0 N–H and O–H groups in total. The average molecular weight is 437 g/mol. The molecule has 0 bridgehead atoms. The smallest absolute Gasteiger partial charge is 0.343 e. The van der Waals surface area contributed by atoms with Gasteiger partial charge in [-0.05, 0) is 98.2 Å². The predicted octanol–water partition coefficient (Wildman–Crippen LogP) is 7.32. The summed E-state index contributed by atoms with van der Waals surface area (Å²) in [5.74, 6) is 2.52. The number of ether oxygens (including phenoxy) is 2. The van der Waals surface area contributed by atoms with E-state index in [0.29, 0.717) is 29.4 Å². The van der Waals surface area contributed by atoms with Gasteiger partial charge in [0.15, 0.2) is 0 Å². The van der Waals surface area contributed by atoms with Crippen molar-refractivity contribution in [1.82, 2.24) is 0 Å². The fraction of sp³-hybridized carbons (Fsp3) is 0.500. The van der Waals surface area contributed by atoms with Crippen LogP contribution in [0.5, 0.6) is 11.5 Å². The molecule has 0 amide bonds. The van der Waals surface area contributed by atoms with Crippen LogP contribution in [0.25, 0.3) is 0 Å². The van der Waals surface area contributed by atoms with Crippen LogP contribution < -0.4 is 9.47 Å². The summed E-state index contributed by atoms with van der Waals surface area (Å²) in [6.07, 6.45) is 8.84. The van der Waals surface area contributed by atoms with E-state index in [1.54, 1.807) is 24.3 Å². The third kappa shape index (κ3) is 6.94. The zero-order valence-corrected chi connectivity index (χ0v) is 19.6. The minimum atomic E-state index is -0.385. The van der Waals surface area contributed by atoms with Gasteiger partial charge in [-0.2, -0.15) is 0 Å². The minimum absolute atomic E-state index is 0.263. The van der Waals surface area contributed by atoms with Crippen molar-refractivity contribution in [3.8, 4) is 11.5 Å². The van der Waals surface area contributed by atoms with Crippen molar-refractivity contribution >= 4 is 11.9 Å². The van der Waals surface area contributed by atoms with Crippen LogP contribution >= 0.6 is 0 Å². The lowest BCUT2D eigenvalue weighted by Crippen LogP contribution is -2.16. The van der Waals surface area contributed by atoms with Crippen molar-refractivity contribution in [1.29, 1.82) is 0 Å². The van der Waals surface area contributed by atoms with Crippen LogP contribution in [0.15, 0.2) is 48.5 Å². The van der Waals surface area contributed by atoms with Crippen LogP contribution in [0.3, 0.4) is 0 Å². The van der Waals surface area contributed by atoms with E-state index in [4.69, 9.17) is 9.47 Å². The van der Waals surface area contributed by atoms with Crippen LogP contribution in [-0.2, 0) is 4.79 Å². The van der Waals surface area contributed by atoms with Gasteiger partial charge in [-0.3, -0.25) is 4.79 Å². The number of hydrogen-bond donors (Lipinski definition) is 0. The summed E-state index contributed by atoms with van der Waals surface area (Å²) in [6.45, 7) is 6.57. The highest BCUT2D eigenvalue weighted by molar-refractivity contribution is 5.91. The van der Waals surface area contributed by atoms with E-state index in [0.717, 1.165) is 18.3 Å². The van der Waals surface area contributed by atoms with Gasteiger partial charge in [-0.1, -0.05) is 39.3 Å². The van der Waals surface area contributed by atoms with Gasteiger partial charge in [0.1, 0.15) is 11.5 Å². The summed E-state index contributed by atoms with van der Waals surface area (Å²) in [5, 5.41) is 0. The Kier molecular flexibility index (Phi) is 8.90. The predicted molar refractivity (Wildman–Crippen MR) is 127 cm³/mol. The van der Waals surface area contributed by atoms with Crippen molar-refractivity contribution in [2.24, 2.45) is 11.8 Å². The van der Waals surface area contributed by atoms with E-state index in [2.05, 4.69) is 26.0 Å². The molecular formula is C28H36O4. The highest BCUT2D eigenvalue weighted by Gasteiger charge is 2.23. The summed E-state index contributed by atoms with van der Waals surface area (Å²) in [5.41, 5.74) is 1.86. The first-order chi connectivity index (χ1) is 15.5. The minimum Gasteiger partial charge on any atom is -0.427 e. The molecule has 0 heterocycles. The zero-order chi connectivity index (χ0) is 22.9. The normalized spacial score (nSPS) is 19.2. The Labute approximate surface area is 192 Å². The molecule has 0 aliphatic heterocycles. The molecule has 0 aromatic heterocycles. The number of hydrogen-bond acceptors (Lipinski definition) is 4. The maximum Gasteiger partial charge on any atom is 0.343 e. The molecule has 1 saturated carbocycles. The van der Waals surface area contributed by atoms with Gasteiger partial charge in [0, 0.05) is 6.42 Å². The highest BCUT2D eigenvalue weighted by atomic mass is 16.5. The number of esters is 2. The Morgan fingerprint density at radius 1 is 0.875 bits per heavy atom. The molecule has 4 nitrogen and oxygen atoms in total. The maximum absolute atomic E-state index is 12.5. The standard InChI is InChI=1S/C28H36O4/c1-4-6-27(29)31-25-15-17-26(18-16-25)32-28(30)24-13-11-23(12-14-24)22-9-7-21(8-10-22)19-20(3)5-2/h11-18,20-22H,4-10,19H2,1-3H3. The first-order valence-electron chi connectivity index (χ1n) is 12.1. The summed E-state index contributed by atoms with van der Waals surface area (Å²) >= 11 is 0. The highest BCUT2D eigenvalue weighted by Crippen LogP contribution is 2.38. The molecule has 172 valence electrons. The lowest BCUT2D eigenvalue weighted by atomic mass is 9.75. The van der Waals surface area contributed by atoms with Crippen molar-refractivity contribution in [3.05, 3.63) is 59.7 Å². The third-order valence-electron chi connectivity index (χ3n) is 6.62. The van der Waals surface area contributed by atoms with Crippen molar-refractivity contribution < 1.29 is 19.1 Å². The van der Waals surface area contributed by atoms with Crippen LogP contribution in [0.4, 0.5) is 0 Å². The van der Waals surface area contributed by atoms with Gasteiger partial charge in [0.2, 0.25) is 0 Å². The molecule has 4 heteroatoms. The van der Waals surface area contributed by atoms with Crippen LogP contribution in [-0.4, -0.2) is 11.9 Å². The summed E-state index contributed by atoms with van der Waals surface area (Å²) in [4.78, 5) is 24.1. The zero-order valence-electron chi connectivity index (χ0n) is 19.6. The van der Waals surface area contributed by atoms with Gasteiger partial charge in [0.05, 0.1) is 5.56 Å². The van der Waals surface area contributed by atoms with E-state index in [1.165, 1.54) is 44.1 Å². The molecule has 0 radical (unpaired) electrons. The monoisotopic (exact) mass is 436 g/mol. The molecule has 1 atom stereocenters. The van der Waals surface area contributed by atoms with Crippen molar-refractivity contribution in [2.75, 3.05) is 0 Å². The summed E-state index contributed by atoms with van der Waals surface area (Å²) in [6, 6.07) is 14.4. The molecule has 1 aliphatic carbocycles. The largest absolute Gasteiger partial charge is 0.427 e. The number of carbonyl (C=O) groups is 2. The first kappa shape index (κ1) is 24.0. The van der Waals surface area contributed by atoms with Crippen LogP contribution in [0.2, 0.25) is 0 Å². The second-order valence-corrected chi connectivity index (χ2v) is 9.17. The van der Waals surface area contributed by atoms with E-state index in [9.17, 15) is 9.59 Å². The van der Waals surface area contributed by atoms with Gasteiger partial charge < -0.3 is 9.47 Å². The Bertz CT molecular complexity index is 861. The SMILES string of the molecule is CCCC(=O)Oc1ccc(OC(=O)c2ccc(C3CCC(CC(C)CC)CC3)cc2)cc1. The number of rotatable bonds is 9. The van der Waals surface area contributed by atoms with Crippen molar-refractivity contribution in [3.63, 3.8) is 0 Å². The van der Waals surface area contributed by atoms with Gasteiger partial charge in [-0.15, -0.1) is 0 Å². The lowest BCUT2D eigenvalue weighted by Gasteiger charge is -2.30. The van der Waals surface area contributed by atoms with E-state index < -0.39 is 0 Å². The third-order valence-corrected chi connectivity index (χ3v) is 6.62. The molecule has 0 saturated heterocycles. The topological polar surface area (TPSA) is 52.6 Å². The lowest BCUT2D eigenvalue weighted by molar-refractivity contribution is -0.134. The molecule has 32 heavy (non-hydrogen) atoms. The van der Waals surface area contributed by atoms with Gasteiger partial charge >= 0.3 is 11.9 Å². The molecule has 1 unspecified atom stereocenters. The summed E-state index contributed by atoms with van der Waals surface area (Å²) in [7, 11) is 0. The fourth-order valence-corrected chi connectivity index (χ4v) is 4.49. The second kappa shape index (κ2) is 11.8. The quantitative estimate of drug-likeness (QED) is 0.305. The Morgan fingerprint density at radius 2 is 1.47 bits per heavy atom. The Morgan fingerprint density at radius 3 is 2.03 bits per heavy atom. The molecule has 3 rings (SSSR count). The van der Waals surface area contributed by atoms with E-state index in [1.807, 2.05) is 19.1 Å². The first-order valence-corrected chi connectivity index (χ1v) is 12.1. The molecule has 2 aromatic rings. The molecule has 2 aromatic carbocycles. The maximum atomic E-state index is 12.5. The Balaban J connectivity index is 1.50. The van der Waals surface area contributed by atoms with E-state index >= 15 is 0 Å². The molecule has 1 fully saturated rings.